The van der Waals surface area contributed by atoms with Gasteiger partial charge in [0.25, 0.3) is 5.91 Å². The molecule has 4 rings (SSSR count). The van der Waals surface area contributed by atoms with Crippen molar-refractivity contribution >= 4 is 46.7 Å². The zero-order valence-corrected chi connectivity index (χ0v) is 17.2. The number of aromatic nitrogens is 2. The van der Waals surface area contributed by atoms with Crippen LogP contribution < -0.4 is 5.32 Å². The molecule has 4 nitrogen and oxygen atoms in total. The van der Waals surface area contributed by atoms with E-state index in [2.05, 4.69) is 23.5 Å². The van der Waals surface area contributed by atoms with Gasteiger partial charge in [-0.05, 0) is 55.3 Å². The number of anilines is 1. The van der Waals surface area contributed by atoms with Crippen LogP contribution in [0.2, 0.25) is 10.0 Å². The number of amides is 1. The topological polar surface area (TPSA) is 46.9 Å². The van der Waals surface area contributed by atoms with E-state index in [1.54, 1.807) is 30.0 Å². The minimum absolute atomic E-state index is 0.298. The maximum Gasteiger partial charge on any atom is 0.258 e. The van der Waals surface area contributed by atoms with Crippen molar-refractivity contribution in [1.29, 1.82) is 0 Å². The van der Waals surface area contributed by atoms with Gasteiger partial charge in [-0.2, -0.15) is 16.9 Å². The van der Waals surface area contributed by atoms with Crippen LogP contribution in [0.3, 0.4) is 0 Å². The molecule has 27 heavy (non-hydrogen) atoms. The second-order valence-electron chi connectivity index (χ2n) is 6.60. The van der Waals surface area contributed by atoms with Gasteiger partial charge in [0.05, 0.1) is 22.0 Å². The van der Waals surface area contributed by atoms with Gasteiger partial charge in [0.2, 0.25) is 0 Å². The maximum absolute atomic E-state index is 12.9. The lowest BCUT2D eigenvalue weighted by Crippen LogP contribution is -2.17. The number of rotatable bonds is 3. The van der Waals surface area contributed by atoms with Crippen molar-refractivity contribution in [1.82, 2.24) is 9.78 Å². The molecule has 3 aromatic rings. The number of nitrogens with one attached hydrogen (secondary N) is 1. The van der Waals surface area contributed by atoms with E-state index >= 15 is 0 Å². The molecule has 0 spiro atoms. The van der Waals surface area contributed by atoms with Gasteiger partial charge in [0.1, 0.15) is 5.82 Å². The molecule has 0 aliphatic carbocycles. The van der Waals surface area contributed by atoms with Crippen molar-refractivity contribution in [2.24, 2.45) is 0 Å². The fourth-order valence-corrected chi connectivity index (χ4v) is 4.66. The highest BCUT2D eigenvalue weighted by atomic mass is 35.5. The van der Waals surface area contributed by atoms with Crippen LogP contribution >= 0.6 is 35.0 Å². The molecule has 0 radical (unpaired) electrons. The first kappa shape index (κ1) is 18.4. The number of fused-ring (bicyclic) bond motifs is 1. The molecule has 1 aliphatic heterocycles. The Labute approximate surface area is 171 Å². The van der Waals surface area contributed by atoms with Gasteiger partial charge in [-0.3, -0.25) is 4.79 Å². The highest BCUT2D eigenvalue weighted by Crippen LogP contribution is 2.36. The van der Waals surface area contributed by atoms with Crippen molar-refractivity contribution < 1.29 is 4.79 Å². The first-order valence-electron chi connectivity index (χ1n) is 8.46. The van der Waals surface area contributed by atoms with Crippen molar-refractivity contribution in [2.75, 3.05) is 5.32 Å². The van der Waals surface area contributed by atoms with E-state index in [9.17, 15) is 4.79 Å². The molecule has 0 fully saturated rings. The molecule has 1 aromatic heterocycles. The van der Waals surface area contributed by atoms with Gasteiger partial charge >= 0.3 is 0 Å². The summed E-state index contributed by atoms with van der Waals surface area (Å²) in [5.41, 5.74) is 5.63. The first-order valence-corrected chi connectivity index (χ1v) is 10.4. The maximum atomic E-state index is 12.9. The molecule has 1 aliphatic rings. The second kappa shape index (κ2) is 7.23. The van der Waals surface area contributed by atoms with Crippen LogP contribution in [0.1, 0.15) is 32.7 Å². The molecular weight excluding hydrogens is 401 g/mol. The Balaban J connectivity index is 1.78. The standard InChI is InChI=1S/C20H17Cl2N3OS/c1-11-5-12(2)7-14(6-11)25-19(16-9-27-10-18(16)24-25)23-20(26)15-8-13(21)3-4-17(15)22/h3-8H,9-10H2,1-2H3,(H,23,26). The molecule has 1 amide bonds. The molecule has 2 heterocycles. The second-order valence-corrected chi connectivity index (χ2v) is 8.43. The predicted octanol–water partition coefficient (Wildman–Crippen LogP) is 5.80. The number of thioether (sulfide) groups is 1. The molecule has 0 saturated heterocycles. The number of benzene rings is 2. The van der Waals surface area contributed by atoms with Crippen LogP contribution in [0.25, 0.3) is 5.69 Å². The minimum Gasteiger partial charge on any atom is -0.306 e. The molecule has 0 atom stereocenters. The summed E-state index contributed by atoms with van der Waals surface area (Å²) in [4.78, 5) is 12.9. The summed E-state index contributed by atoms with van der Waals surface area (Å²) in [6, 6.07) is 11.1. The van der Waals surface area contributed by atoms with E-state index in [0.717, 1.165) is 39.6 Å². The van der Waals surface area contributed by atoms with E-state index in [1.807, 2.05) is 18.5 Å². The lowest BCUT2D eigenvalue weighted by molar-refractivity contribution is 0.102. The normalized spacial score (nSPS) is 12.9. The Morgan fingerprint density at radius 2 is 1.85 bits per heavy atom. The first-order chi connectivity index (χ1) is 12.9. The zero-order valence-electron chi connectivity index (χ0n) is 14.8. The minimum atomic E-state index is -0.298. The molecule has 0 unspecified atom stereocenters. The molecule has 0 bridgehead atoms. The Hall–Kier alpha value is -1.95. The van der Waals surface area contributed by atoms with Crippen LogP contribution in [-0.4, -0.2) is 15.7 Å². The third-order valence-corrected chi connectivity index (χ3v) is 5.94. The predicted molar refractivity (Wildman–Crippen MR) is 112 cm³/mol. The average molecular weight is 418 g/mol. The number of carbonyl (C=O) groups is 1. The largest absolute Gasteiger partial charge is 0.306 e. The number of halogens is 2. The van der Waals surface area contributed by atoms with Crippen molar-refractivity contribution in [3.63, 3.8) is 0 Å². The number of nitrogens with zero attached hydrogens (tertiary/aromatic N) is 2. The summed E-state index contributed by atoms with van der Waals surface area (Å²) in [7, 11) is 0. The average Bonchev–Trinajstić information content (AvgIpc) is 3.18. The van der Waals surface area contributed by atoms with Crippen LogP contribution in [0, 0.1) is 13.8 Å². The smallest absolute Gasteiger partial charge is 0.258 e. The van der Waals surface area contributed by atoms with Gasteiger partial charge < -0.3 is 5.32 Å². The summed E-state index contributed by atoms with van der Waals surface area (Å²) in [6.07, 6.45) is 0. The van der Waals surface area contributed by atoms with Crippen molar-refractivity contribution in [3.8, 4) is 5.69 Å². The van der Waals surface area contributed by atoms with E-state index in [1.165, 1.54) is 0 Å². The summed E-state index contributed by atoms with van der Waals surface area (Å²) in [5, 5.41) is 8.60. The molecule has 1 N–H and O–H groups in total. The fourth-order valence-electron chi connectivity index (χ4n) is 3.25. The molecular formula is C20H17Cl2N3OS. The monoisotopic (exact) mass is 417 g/mol. The molecule has 0 saturated carbocycles. The number of aryl methyl sites for hydroxylation is 2. The van der Waals surface area contributed by atoms with Crippen LogP contribution in [-0.2, 0) is 11.5 Å². The third-order valence-electron chi connectivity index (χ3n) is 4.41. The van der Waals surface area contributed by atoms with E-state index in [0.29, 0.717) is 21.4 Å². The lowest BCUT2D eigenvalue weighted by atomic mass is 10.1. The van der Waals surface area contributed by atoms with Gasteiger partial charge in [-0.1, -0.05) is 29.3 Å². The molecule has 138 valence electrons. The van der Waals surface area contributed by atoms with E-state index in [-0.39, 0.29) is 5.91 Å². The highest BCUT2D eigenvalue weighted by Gasteiger charge is 2.25. The number of hydrogen-bond donors (Lipinski definition) is 1. The van der Waals surface area contributed by atoms with E-state index < -0.39 is 0 Å². The van der Waals surface area contributed by atoms with Gasteiger partial charge in [-0.15, -0.1) is 0 Å². The summed E-state index contributed by atoms with van der Waals surface area (Å²) < 4.78 is 1.82. The SMILES string of the molecule is Cc1cc(C)cc(-n2nc3c(c2NC(=O)c2cc(Cl)ccc2Cl)CSC3)c1. The van der Waals surface area contributed by atoms with Crippen molar-refractivity contribution in [2.45, 2.75) is 25.4 Å². The molecule has 2 aromatic carbocycles. The fraction of sp³-hybridized carbons (Fsp3) is 0.200. The van der Waals surface area contributed by atoms with Crippen LogP contribution in [0.4, 0.5) is 5.82 Å². The Bertz CT molecular complexity index is 1040. The quantitative estimate of drug-likeness (QED) is 0.585. The molecule has 7 heteroatoms. The van der Waals surface area contributed by atoms with Crippen LogP contribution in [0.5, 0.6) is 0 Å². The summed E-state index contributed by atoms with van der Waals surface area (Å²) in [6.45, 7) is 4.10. The van der Waals surface area contributed by atoms with Gasteiger partial charge in [0, 0.05) is 22.1 Å². The van der Waals surface area contributed by atoms with E-state index in [4.69, 9.17) is 28.3 Å². The van der Waals surface area contributed by atoms with Gasteiger partial charge in [0.15, 0.2) is 0 Å². The Morgan fingerprint density at radius 1 is 1.11 bits per heavy atom. The summed E-state index contributed by atoms with van der Waals surface area (Å²) >= 11 is 14.0. The van der Waals surface area contributed by atoms with Gasteiger partial charge in [-0.25, -0.2) is 4.68 Å². The lowest BCUT2D eigenvalue weighted by Gasteiger charge is -2.13. The van der Waals surface area contributed by atoms with Crippen molar-refractivity contribution in [3.05, 3.63) is 74.4 Å². The Morgan fingerprint density at radius 3 is 2.59 bits per heavy atom. The third kappa shape index (κ3) is 3.59. The number of hydrogen-bond acceptors (Lipinski definition) is 3. The zero-order chi connectivity index (χ0) is 19.1. The highest BCUT2D eigenvalue weighted by molar-refractivity contribution is 7.98. The summed E-state index contributed by atoms with van der Waals surface area (Å²) in [5.74, 6) is 2.06. The Kier molecular flexibility index (Phi) is 4.93. The number of carbonyl (C=O) groups excluding carboxylic acids is 1. The van der Waals surface area contributed by atoms with Crippen LogP contribution in [0.15, 0.2) is 36.4 Å².